The number of carbonyl (C=O) groups is 2. The summed E-state index contributed by atoms with van der Waals surface area (Å²) in [4.78, 5) is 25.0. The Hall–Kier alpha value is -1.10. The van der Waals surface area contributed by atoms with Gasteiger partial charge in [0.25, 0.3) is 0 Å². The van der Waals surface area contributed by atoms with Gasteiger partial charge in [0, 0.05) is 6.42 Å². The molecule has 0 radical (unpaired) electrons. The van der Waals surface area contributed by atoms with Crippen molar-refractivity contribution in [3.8, 4) is 0 Å². The molecule has 0 aromatic carbocycles. The van der Waals surface area contributed by atoms with Gasteiger partial charge in [-0.1, -0.05) is 155 Å². The molecular formula is C36H72NO4+. The summed E-state index contributed by atoms with van der Waals surface area (Å²) >= 11 is 0. The fourth-order valence-electron chi connectivity index (χ4n) is 5.48. The molecule has 0 aromatic heterocycles. The largest absolute Gasteiger partial charge is 0.466 e. The van der Waals surface area contributed by atoms with Crippen LogP contribution in [0.15, 0.2) is 0 Å². The summed E-state index contributed by atoms with van der Waals surface area (Å²) in [5.74, 6) is -0.423. The normalized spacial score (nSPS) is 12.4. The van der Waals surface area contributed by atoms with Gasteiger partial charge >= 0.3 is 11.9 Å². The molecular weight excluding hydrogens is 510 g/mol. The summed E-state index contributed by atoms with van der Waals surface area (Å²) in [6.07, 6.45) is 31.0. The summed E-state index contributed by atoms with van der Waals surface area (Å²) in [6, 6.07) is 0. The van der Waals surface area contributed by atoms with Crippen LogP contribution in [0.4, 0.5) is 0 Å². The summed E-state index contributed by atoms with van der Waals surface area (Å²) < 4.78 is 11.9. The Morgan fingerprint density at radius 1 is 0.512 bits per heavy atom. The summed E-state index contributed by atoms with van der Waals surface area (Å²) in [7, 11) is 6.18. The molecule has 5 heteroatoms. The first-order valence-electron chi connectivity index (χ1n) is 17.9. The van der Waals surface area contributed by atoms with E-state index in [2.05, 4.69) is 35.0 Å². The van der Waals surface area contributed by atoms with Crippen LogP contribution in [0.2, 0.25) is 0 Å². The number of ether oxygens (including phenoxy) is 2. The van der Waals surface area contributed by atoms with Crippen molar-refractivity contribution in [2.24, 2.45) is 0 Å². The van der Waals surface area contributed by atoms with Crippen molar-refractivity contribution < 1.29 is 23.5 Å². The molecule has 0 aliphatic heterocycles. The van der Waals surface area contributed by atoms with Gasteiger partial charge in [-0.15, -0.1) is 0 Å². The number of carbonyl (C=O) groups excluding carboxylic acids is 2. The van der Waals surface area contributed by atoms with E-state index in [1.54, 1.807) is 0 Å². The minimum Gasteiger partial charge on any atom is -0.466 e. The Bertz CT molecular complexity index is 587. The van der Waals surface area contributed by atoms with Crippen LogP contribution in [0.1, 0.15) is 181 Å². The predicted molar refractivity (Wildman–Crippen MR) is 175 cm³/mol. The van der Waals surface area contributed by atoms with Crippen LogP contribution in [0.5, 0.6) is 0 Å². The Morgan fingerprint density at radius 2 is 0.878 bits per heavy atom. The van der Waals surface area contributed by atoms with Gasteiger partial charge in [-0.3, -0.25) is 9.59 Å². The lowest BCUT2D eigenvalue weighted by atomic mass is 10.0. The zero-order valence-electron chi connectivity index (χ0n) is 28.5. The highest BCUT2D eigenvalue weighted by molar-refractivity contribution is 5.72. The SMILES string of the molecule is CCCCCCCCCCCCCCCCCC(=O)OC(CC(=O)OCCCCCCCCCCC)C[N+](C)(C)C. The van der Waals surface area contributed by atoms with Gasteiger partial charge < -0.3 is 14.0 Å². The van der Waals surface area contributed by atoms with Crippen LogP contribution in [-0.2, 0) is 19.1 Å². The standard InChI is InChI=1S/C36H72NO4/c1-6-8-10-12-14-16-17-18-19-20-21-22-24-26-28-30-35(38)41-34(33-37(3,4)5)32-36(39)40-31-29-27-25-23-15-13-11-9-7-2/h34H,6-33H2,1-5H3/q+1. The molecule has 0 rings (SSSR count). The molecule has 0 aliphatic carbocycles. The van der Waals surface area contributed by atoms with E-state index in [9.17, 15) is 9.59 Å². The molecule has 0 amide bonds. The van der Waals surface area contributed by atoms with E-state index < -0.39 is 6.10 Å². The van der Waals surface area contributed by atoms with Gasteiger partial charge in [0.2, 0.25) is 0 Å². The molecule has 0 N–H and O–H groups in total. The fraction of sp³-hybridized carbons (Fsp3) is 0.944. The molecule has 0 heterocycles. The Morgan fingerprint density at radius 3 is 1.27 bits per heavy atom. The van der Waals surface area contributed by atoms with Crippen LogP contribution in [0.25, 0.3) is 0 Å². The van der Waals surface area contributed by atoms with Gasteiger partial charge in [0.15, 0.2) is 6.10 Å². The minimum atomic E-state index is -0.422. The predicted octanol–water partition coefficient (Wildman–Crippen LogP) is 10.3. The van der Waals surface area contributed by atoms with Crippen LogP contribution in [-0.4, -0.2) is 56.8 Å². The lowest BCUT2D eigenvalue weighted by molar-refractivity contribution is -0.873. The molecule has 0 spiro atoms. The molecule has 5 nitrogen and oxygen atoms in total. The van der Waals surface area contributed by atoms with E-state index in [1.165, 1.54) is 128 Å². The average Bonchev–Trinajstić information content (AvgIpc) is 2.91. The highest BCUT2D eigenvalue weighted by Crippen LogP contribution is 2.15. The highest BCUT2D eigenvalue weighted by Gasteiger charge is 2.25. The second-order valence-electron chi connectivity index (χ2n) is 13.5. The number of rotatable bonds is 31. The number of hydrogen-bond acceptors (Lipinski definition) is 4. The first-order valence-corrected chi connectivity index (χ1v) is 17.9. The average molecular weight is 583 g/mol. The maximum Gasteiger partial charge on any atom is 0.309 e. The van der Waals surface area contributed by atoms with Gasteiger partial charge in [0.05, 0.1) is 34.2 Å². The van der Waals surface area contributed by atoms with Crippen LogP contribution in [0, 0.1) is 0 Å². The van der Waals surface area contributed by atoms with Crippen molar-refractivity contribution in [3.63, 3.8) is 0 Å². The topological polar surface area (TPSA) is 52.6 Å². The zero-order chi connectivity index (χ0) is 30.4. The minimum absolute atomic E-state index is 0.150. The van der Waals surface area contributed by atoms with Gasteiger partial charge in [-0.25, -0.2) is 0 Å². The summed E-state index contributed by atoms with van der Waals surface area (Å²) in [5.41, 5.74) is 0. The third-order valence-corrected chi connectivity index (χ3v) is 7.94. The molecule has 1 atom stereocenters. The monoisotopic (exact) mass is 583 g/mol. The lowest BCUT2D eigenvalue weighted by Gasteiger charge is -2.28. The molecule has 0 saturated heterocycles. The van der Waals surface area contributed by atoms with Crippen molar-refractivity contribution in [2.75, 3.05) is 34.3 Å². The molecule has 0 bridgehead atoms. The Kier molecular flexibility index (Phi) is 28.2. The van der Waals surface area contributed by atoms with E-state index >= 15 is 0 Å². The number of unbranched alkanes of at least 4 members (excludes halogenated alkanes) is 22. The number of likely N-dealkylation sites (N-methyl/N-ethyl adjacent to an activating group) is 1. The van der Waals surface area contributed by atoms with Crippen LogP contribution in [0.3, 0.4) is 0 Å². The van der Waals surface area contributed by atoms with Crippen LogP contribution >= 0.6 is 0 Å². The molecule has 41 heavy (non-hydrogen) atoms. The van der Waals surface area contributed by atoms with Gasteiger partial charge in [-0.05, 0) is 12.8 Å². The molecule has 0 aliphatic rings. The van der Waals surface area contributed by atoms with E-state index in [0.717, 1.165) is 25.7 Å². The Labute approximate surface area is 256 Å². The van der Waals surface area contributed by atoms with Crippen molar-refractivity contribution >= 4 is 11.9 Å². The van der Waals surface area contributed by atoms with E-state index in [1.807, 2.05) is 0 Å². The lowest BCUT2D eigenvalue weighted by Crippen LogP contribution is -2.44. The quantitative estimate of drug-likeness (QED) is 0.0463. The number of hydrogen-bond donors (Lipinski definition) is 0. The maximum atomic E-state index is 12.5. The van der Waals surface area contributed by atoms with E-state index in [0.29, 0.717) is 24.1 Å². The van der Waals surface area contributed by atoms with Gasteiger partial charge in [0.1, 0.15) is 6.54 Å². The number of nitrogens with zero attached hydrogens (tertiary/aromatic N) is 1. The van der Waals surface area contributed by atoms with E-state index in [-0.39, 0.29) is 18.4 Å². The molecule has 1 unspecified atom stereocenters. The third kappa shape index (κ3) is 31.7. The third-order valence-electron chi connectivity index (χ3n) is 7.94. The first kappa shape index (κ1) is 39.9. The fourth-order valence-corrected chi connectivity index (χ4v) is 5.48. The second kappa shape index (κ2) is 29.0. The van der Waals surface area contributed by atoms with Crippen LogP contribution < -0.4 is 0 Å². The Balaban J connectivity index is 3.88. The molecule has 0 fully saturated rings. The number of esters is 2. The molecule has 0 aromatic rings. The summed E-state index contributed by atoms with van der Waals surface area (Å²) in [6.45, 7) is 5.60. The molecule has 244 valence electrons. The van der Waals surface area contributed by atoms with E-state index in [4.69, 9.17) is 9.47 Å². The second-order valence-corrected chi connectivity index (χ2v) is 13.5. The zero-order valence-corrected chi connectivity index (χ0v) is 28.5. The van der Waals surface area contributed by atoms with Crippen molar-refractivity contribution in [1.29, 1.82) is 0 Å². The number of quaternary nitrogens is 1. The van der Waals surface area contributed by atoms with Gasteiger partial charge in [-0.2, -0.15) is 0 Å². The first-order chi connectivity index (χ1) is 19.8. The van der Waals surface area contributed by atoms with Crippen molar-refractivity contribution in [3.05, 3.63) is 0 Å². The van der Waals surface area contributed by atoms with Crippen molar-refractivity contribution in [1.82, 2.24) is 0 Å². The maximum absolute atomic E-state index is 12.5. The molecule has 0 saturated carbocycles. The van der Waals surface area contributed by atoms with Crippen molar-refractivity contribution in [2.45, 2.75) is 187 Å². The summed E-state index contributed by atoms with van der Waals surface area (Å²) in [5, 5.41) is 0. The smallest absolute Gasteiger partial charge is 0.309 e. The highest BCUT2D eigenvalue weighted by atomic mass is 16.6.